The van der Waals surface area contributed by atoms with Crippen LogP contribution in [0.4, 0.5) is 0 Å². The van der Waals surface area contributed by atoms with Crippen LogP contribution in [0.5, 0.6) is 23.0 Å². The molecule has 0 aromatic heterocycles. The first-order valence-electron chi connectivity index (χ1n) is 11.4. The van der Waals surface area contributed by atoms with Crippen LogP contribution >= 0.6 is 0 Å². The molecule has 0 fully saturated rings. The minimum atomic E-state index is 0.163. The number of ether oxygens (including phenoxy) is 4. The zero-order chi connectivity index (χ0) is 23.7. The van der Waals surface area contributed by atoms with Gasteiger partial charge in [0.1, 0.15) is 13.2 Å². The van der Waals surface area contributed by atoms with Crippen molar-refractivity contribution in [2.24, 2.45) is 0 Å². The first-order valence-corrected chi connectivity index (χ1v) is 11.4. The summed E-state index contributed by atoms with van der Waals surface area (Å²) in [7, 11) is 0. The van der Waals surface area contributed by atoms with Gasteiger partial charge in [0.15, 0.2) is 23.0 Å². The molecule has 2 heterocycles. The molecule has 2 aromatic rings. The molecule has 2 aliphatic rings. The summed E-state index contributed by atoms with van der Waals surface area (Å²) in [6.07, 6.45) is 0. The Kier molecular flexibility index (Phi) is 10.2. The van der Waals surface area contributed by atoms with E-state index in [-0.39, 0.29) is 10.8 Å². The Bertz CT molecular complexity index is 798. The molecule has 0 saturated heterocycles. The quantitative estimate of drug-likeness (QED) is 0.433. The maximum atomic E-state index is 5.53. The van der Waals surface area contributed by atoms with E-state index in [9.17, 15) is 0 Å². The van der Waals surface area contributed by atoms with Gasteiger partial charge >= 0.3 is 0 Å². The van der Waals surface area contributed by atoms with Crippen molar-refractivity contribution >= 4 is 0 Å². The van der Waals surface area contributed by atoms with E-state index in [1.165, 1.54) is 11.1 Å². The summed E-state index contributed by atoms with van der Waals surface area (Å²) >= 11 is 0. The molecule has 0 aliphatic carbocycles. The molecule has 0 bridgehead atoms. The van der Waals surface area contributed by atoms with Gasteiger partial charge in [-0.25, -0.2) is 0 Å². The highest BCUT2D eigenvalue weighted by molar-refractivity contribution is 5.46. The highest BCUT2D eigenvalue weighted by Crippen LogP contribution is 2.36. The first-order chi connectivity index (χ1) is 14.6. The number of rotatable bonds is 0. The fourth-order valence-corrected chi connectivity index (χ4v) is 2.87. The van der Waals surface area contributed by atoms with Gasteiger partial charge in [-0.1, -0.05) is 81.4 Å². The van der Waals surface area contributed by atoms with Crippen molar-refractivity contribution in [3.05, 3.63) is 47.5 Å². The average molecular weight is 431 g/mol. The molecule has 31 heavy (non-hydrogen) atoms. The molecule has 0 amide bonds. The SMILES string of the molecule is CC.CC.CC(C)(C)c1ccc2c(c1)OCCO2.CC(C)(C)c1ccc2c(c1)OCO2. The maximum Gasteiger partial charge on any atom is 0.231 e. The summed E-state index contributed by atoms with van der Waals surface area (Å²) in [5, 5.41) is 0. The maximum absolute atomic E-state index is 5.53. The Balaban J connectivity index is 0.000000268. The summed E-state index contributed by atoms with van der Waals surface area (Å²) in [6, 6.07) is 12.3. The minimum absolute atomic E-state index is 0.163. The molecule has 4 heteroatoms. The van der Waals surface area contributed by atoms with Gasteiger partial charge in [0, 0.05) is 0 Å². The third-order valence-corrected chi connectivity index (χ3v) is 4.65. The molecule has 4 nitrogen and oxygen atoms in total. The van der Waals surface area contributed by atoms with E-state index in [4.69, 9.17) is 18.9 Å². The van der Waals surface area contributed by atoms with Crippen molar-refractivity contribution in [1.29, 1.82) is 0 Å². The Labute approximate surface area is 189 Å². The molecule has 0 saturated carbocycles. The van der Waals surface area contributed by atoms with Crippen LogP contribution in [0.15, 0.2) is 36.4 Å². The molecule has 2 aromatic carbocycles. The fourth-order valence-electron chi connectivity index (χ4n) is 2.87. The van der Waals surface area contributed by atoms with Crippen LogP contribution < -0.4 is 18.9 Å². The number of fused-ring (bicyclic) bond motifs is 2. The molecule has 0 unspecified atom stereocenters. The largest absolute Gasteiger partial charge is 0.486 e. The molecule has 0 radical (unpaired) electrons. The highest BCUT2D eigenvalue weighted by atomic mass is 16.7. The van der Waals surface area contributed by atoms with Crippen LogP contribution in [0.25, 0.3) is 0 Å². The van der Waals surface area contributed by atoms with E-state index >= 15 is 0 Å². The summed E-state index contributed by atoms with van der Waals surface area (Å²) in [5.41, 5.74) is 2.88. The van der Waals surface area contributed by atoms with E-state index < -0.39 is 0 Å². The predicted molar refractivity (Wildman–Crippen MR) is 130 cm³/mol. The monoisotopic (exact) mass is 430 g/mol. The molecular weight excluding hydrogens is 388 g/mol. The van der Waals surface area contributed by atoms with Crippen molar-refractivity contribution in [1.82, 2.24) is 0 Å². The van der Waals surface area contributed by atoms with Crippen LogP contribution in [0, 0.1) is 0 Å². The van der Waals surface area contributed by atoms with E-state index in [2.05, 4.69) is 65.8 Å². The zero-order valence-electron chi connectivity index (χ0n) is 21.2. The van der Waals surface area contributed by atoms with Crippen LogP contribution in [0.2, 0.25) is 0 Å². The minimum Gasteiger partial charge on any atom is -0.486 e. The van der Waals surface area contributed by atoms with E-state index in [0.29, 0.717) is 20.0 Å². The average Bonchev–Trinajstić information content (AvgIpc) is 3.23. The van der Waals surface area contributed by atoms with Crippen molar-refractivity contribution in [3.8, 4) is 23.0 Å². The van der Waals surface area contributed by atoms with Crippen LogP contribution in [0.3, 0.4) is 0 Å². The third kappa shape index (κ3) is 7.68. The van der Waals surface area contributed by atoms with Crippen LogP contribution in [0.1, 0.15) is 80.4 Å². The lowest BCUT2D eigenvalue weighted by atomic mass is 9.87. The summed E-state index contributed by atoms with van der Waals surface area (Å²) < 4.78 is 21.6. The van der Waals surface area contributed by atoms with Gasteiger partial charge in [-0.15, -0.1) is 0 Å². The lowest BCUT2D eigenvalue weighted by molar-refractivity contribution is 0.171. The van der Waals surface area contributed by atoms with Crippen LogP contribution in [-0.4, -0.2) is 20.0 Å². The highest BCUT2D eigenvalue weighted by Gasteiger charge is 2.20. The lowest BCUT2D eigenvalue weighted by Crippen LogP contribution is -2.17. The number of hydrogen-bond acceptors (Lipinski definition) is 4. The van der Waals surface area contributed by atoms with E-state index in [1.807, 2.05) is 39.8 Å². The normalized spacial score (nSPS) is 13.5. The molecule has 0 atom stereocenters. The van der Waals surface area contributed by atoms with Crippen molar-refractivity contribution in [3.63, 3.8) is 0 Å². The fraction of sp³-hybridized carbons (Fsp3) is 0.556. The second kappa shape index (κ2) is 11.9. The Hall–Kier alpha value is -2.36. The van der Waals surface area contributed by atoms with Crippen molar-refractivity contribution < 1.29 is 18.9 Å². The molecule has 4 rings (SSSR count). The van der Waals surface area contributed by atoms with Crippen molar-refractivity contribution in [2.45, 2.75) is 80.1 Å². The van der Waals surface area contributed by atoms with Gasteiger partial charge in [0.25, 0.3) is 0 Å². The summed E-state index contributed by atoms with van der Waals surface area (Å²) in [5.74, 6) is 3.47. The first kappa shape index (κ1) is 26.7. The van der Waals surface area contributed by atoms with Crippen LogP contribution in [-0.2, 0) is 10.8 Å². The number of hydrogen-bond donors (Lipinski definition) is 0. The third-order valence-electron chi connectivity index (χ3n) is 4.65. The molecule has 0 N–H and O–H groups in total. The van der Waals surface area contributed by atoms with Gasteiger partial charge in [-0.05, 0) is 46.2 Å². The standard InChI is InChI=1S/C12H16O2.C11H14O2.2C2H6/c1-12(2,3)9-4-5-10-11(8-9)14-7-6-13-10;1-11(2,3)8-4-5-9-10(6-8)13-7-12-9;2*1-2/h4-5,8H,6-7H2,1-3H3;4-6H,7H2,1-3H3;2*1-2H3. The molecule has 0 spiro atoms. The molecule has 174 valence electrons. The molecular formula is C27H42O4. The van der Waals surface area contributed by atoms with Gasteiger partial charge in [-0.3, -0.25) is 0 Å². The van der Waals surface area contributed by atoms with E-state index in [0.717, 1.165) is 23.0 Å². The second-order valence-electron chi connectivity index (χ2n) is 8.93. The van der Waals surface area contributed by atoms with Gasteiger partial charge in [0.05, 0.1) is 0 Å². The van der Waals surface area contributed by atoms with Gasteiger partial charge < -0.3 is 18.9 Å². The number of benzene rings is 2. The van der Waals surface area contributed by atoms with Gasteiger partial charge in [0.2, 0.25) is 6.79 Å². The second-order valence-corrected chi connectivity index (χ2v) is 8.93. The lowest BCUT2D eigenvalue weighted by Gasteiger charge is -2.23. The predicted octanol–water partition coefficient (Wildman–Crippen LogP) is 7.52. The summed E-state index contributed by atoms with van der Waals surface area (Å²) in [4.78, 5) is 0. The Morgan fingerprint density at radius 1 is 0.516 bits per heavy atom. The molecule has 2 aliphatic heterocycles. The van der Waals surface area contributed by atoms with Crippen molar-refractivity contribution in [2.75, 3.05) is 20.0 Å². The summed E-state index contributed by atoms with van der Waals surface area (Å²) in [6.45, 7) is 22.8. The smallest absolute Gasteiger partial charge is 0.231 e. The zero-order valence-corrected chi connectivity index (χ0v) is 21.2. The Morgan fingerprint density at radius 2 is 0.871 bits per heavy atom. The Morgan fingerprint density at radius 3 is 1.32 bits per heavy atom. The van der Waals surface area contributed by atoms with Gasteiger partial charge in [-0.2, -0.15) is 0 Å². The van der Waals surface area contributed by atoms with E-state index in [1.54, 1.807) is 0 Å². The topological polar surface area (TPSA) is 36.9 Å².